The van der Waals surface area contributed by atoms with E-state index in [4.69, 9.17) is 27.9 Å². The Morgan fingerprint density at radius 1 is 1.25 bits per heavy atom. The van der Waals surface area contributed by atoms with Crippen LogP contribution in [0, 0.1) is 5.82 Å². The van der Waals surface area contributed by atoms with Gasteiger partial charge in [0.25, 0.3) is 0 Å². The number of pyridine rings is 1. The number of hydrogen-bond acceptors (Lipinski definition) is 4. The molecule has 0 amide bonds. The van der Waals surface area contributed by atoms with Crippen molar-refractivity contribution in [3.05, 3.63) is 58.1 Å². The van der Waals surface area contributed by atoms with Gasteiger partial charge in [0.05, 0.1) is 23.9 Å². The fourth-order valence-corrected chi connectivity index (χ4v) is 2.68. The van der Waals surface area contributed by atoms with Gasteiger partial charge in [-0.3, -0.25) is 0 Å². The average Bonchev–Trinajstić information content (AvgIpc) is 2.96. The minimum atomic E-state index is -0.561. The van der Waals surface area contributed by atoms with Crippen molar-refractivity contribution in [1.82, 2.24) is 15.0 Å². The highest BCUT2D eigenvalue weighted by Gasteiger charge is 2.19. The molecule has 2 heterocycles. The van der Waals surface area contributed by atoms with Gasteiger partial charge in [0.15, 0.2) is 5.82 Å². The van der Waals surface area contributed by atoms with Gasteiger partial charge in [-0.1, -0.05) is 35.3 Å². The van der Waals surface area contributed by atoms with E-state index in [-0.39, 0.29) is 15.7 Å². The standard InChI is InChI=1S/C16H10Cl2FN3O2/c1-24-16(23)10-4-2-3-9(12(10)17)13-14(18)22-15(21-13)11-6-5-8(19)7-20-11/h2-7H,1H3,(H,21,22). The topological polar surface area (TPSA) is 67.9 Å². The number of hydrogen-bond donors (Lipinski definition) is 1. The van der Waals surface area contributed by atoms with Crippen molar-refractivity contribution in [3.8, 4) is 22.8 Å². The van der Waals surface area contributed by atoms with Crippen LogP contribution >= 0.6 is 23.2 Å². The van der Waals surface area contributed by atoms with E-state index in [9.17, 15) is 9.18 Å². The monoisotopic (exact) mass is 365 g/mol. The summed E-state index contributed by atoms with van der Waals surface area (Å²) in [5, 5.41) is 0.399. The quantitative estimate of drug-likeness (QED) is 0.699. The van der Waals surface area contributed by atoms with Crippen molar-refractivity contribution < 1.29 is 13.9 Å². The summed E-state index contributed by atoms with van der Waals surface area (Å²) in [7, 11) is 1.27. The number of carbonyl (C=O) groups is 1. The Hall–Kier alpha value is -2.44. The van der Waals surface area contributed by atoms with E-state index in [2.05, 4.69) is 15.0 Å². The fraction of sp³-hybridized carbons (Fsp3) is 0.0625. The molecule has 3 rings (SSSR count). The first-order valence-corrected chi connectivity index (χ1v) is 7.51. The first-order chi connectivity index (χ1) is 11.5. The van der Waals surface area contributed by atoms with Crippen molar-refractivity contribution in [1.29, 1.82) is 0 Å². The lowest BCUT2D eigenvalue weighted by atomic mass is 10.1. The van der Waals surface area contributed by atoms with Gasteiger partial charge in [0.2, 0.25) is 0 Å². The molecule has 0 radical (unpaired) electrons. The summed E-state index contributed by atoms with van der Waals surface area (Å²) < 4.78 is 17.7. The van der Waals surface area contributed by atoms with E-state index >= 15 is 0 Å². The molecule has 0 aliphatic rings. The number of esters is 1. The number of H-pyrrole nitrogens is 1. The molecule has 1 aromatic carbocycles. The van der Waals surface area contributed by atoms with Gasteiger partial charge in [0, 0.05) is 5.56 Å². The number of imidazole rings is 1. The Bertz CT molecular complexity index is 910. The second kappa shape index (κ2) is 6.59. The van der Waals surface area contributed by atoms with Crippen LogP contribution in [0.2, 0.25) is 10.2 Å². The number of methoxy groups -OCH3 is 1. The minimum absolute atomic E-state index is 0.177. The molecule has 8 heteroatoms. The van der Waals surface area contributed by atoms with E-state index in [0.29, 0.717) is 22.8 Å². The van der Waals surface area contributed by atoms with E-state index in [1.165, 1.54) is 19.2 Å². The Labute approximate surface area is 146 Å². The van der Waals surface area contributed by atoms with E-state index < -0.39 is 11.8 Å². The number of aromatic amines is 1. The van der Waals surface area contributed by atoms with Crippen molar-refractivity contribution in [2.75, 3.05) is 7.11 Å². The zero-order valence-electron chi connectivity index (χ0n) is 12.3. The maximum atomic E-state index is 13.0. The van der Waals surface area contributed by atoms with Gasteiger partial charge in [-0.25, -0.2) is 19.2 Å². The molecule has 0 atom stereocenters. The summed E-state index contributed by atoms with van der Waals surface area (Å²) in [6, 6.07) is 7.61. The minimum Gasteiger partial charge on any atom is -0.465 e. The maximum Gasteiger partial charge on any atom is 0.339 e. The van der Waals surface area contributed by atoms with Gasteiger partial charge >= 0.3 is 5.97 Å². The highest BCUT2D eigenvalue weighted by molar-refractivity contribution is 6.37. The lowest BCUT2D eigenvalue weighted by molar-refractivity contribution is 0.0601. The lowest BCUT2D eigenvalue weighted by Gasteiger charge is -2.06. The molecule has 24 heavy (non-hydrogen) atoms. The predicted molar refractivity (Wildman–Crippen MR) is 88.6 cm³/mol. The number of nitrogens with one attached hydrogen (secondary N) is 1. The van der Waals surface area contributed by atoms with Crippen LogP contribution < -0.4 is 0 Å². The number of rotatable bonds is 3. The van der Waals surface area contributed by atoms with Crippen LogP contribution in [-0.4, -0.2) is 28.0 Å². The van der Waals surface area contributed by atoms with Crippen LogP contribution in [0.1, 0.15) is 10.4 Å². The van der Waals surface area contributed by atoms with Gasteiger partial charge < -0.3 is 9.72 Å². The molecule has 0 fully saturated rings. The first-order valence-electron chi connectivity index (χ1n) is 6.76. The molecule has 0 unspecified atom stereocenters. The molecule has 2 aromatic heterocycles. The van der Waals surface area contributed by atoms with Crippen LogP contribution in [0.4, 0.5) is 4.39 Å². The molecular weight excluding hydrogens is 356 g/mol. The number of halogens is 3. The summed E-state index contributed by atoms with van der Waals surface area (Å²) in [5.41, 5.74) is 1.45. The number of benzene rings is 1. The lowest BCUT2D eigenvalue weighted by Crippen LogP contribution is -2.02. The third-order valence-electron chi connectivity index (χ3n) is 3.29. The van der Waals surface area contributed by atoms with Crippen LogP contribution in [0.15, 0.2) is 36.5 Å². The van der Waals surface area contributed by atoms with Gasteiger partial charge in [-0.05, 0) is 18.2 Å². The van der Waals surface area contributed by atoms with E-state index in [1.54, 1.807) is 18.2 Å². The summed E-state index contributed by atoms with van der Waals surface area (Å²) >= 11 is 12.5. The second-order valence-corrected chi connectivity index (χ2v) is 5.52. The zero-order chi connectivity index (χ0) is 17.3. The van der Waals surface area contributed by atoms with Crippen molar-refractivity contribution >= 4 is 29.2 Å². The van der Waals surface area contributed by atoms with E-state index in [1.807, 2.05) is 0 Å². The van der Waals surface area contributed by atoms with Crippen LogP contribution in [0.5, 0.6) is 0 Å². The number of carbonyl (C=O) groups excluding carboxylic acids is 1. The smallest absolute Gasteiger partial charge is 0.339 e. The predicted octanol–water partition coefficient (Wildman–Crippen LogP) is 4.37. The number of ether oxygens (including phenoxy) is 1. The SMILES string of the molecule is COC(=O)c1cccc(-c2nc(-c3ccc(F)cn3)[nH]c2Cl)c1Cl. The molecule has 1 N–H and O–H groups in total. The molecule has 0 saturated heterocycles. The van der Waals surface area contributed by atoms with Crippen molar-refractivity contribution in [2.24, 2.45) is 0 Å². The molecule has 0 saturated carbocycles. The van der Waals surface area contributed by atoms with Crippen molar-refractivity contribution in [2.45, 2.75) is 0 Å². The van der Waals surface area contributed by atoms with Gasteiger partial charge in [0.1, 0.15) is 22.4 Å². The largest absolute Gasteiger partial charge is 0.465 e. The zero-order valence-corrected chi connectivity index (χ0v) is 13.8. The Kier molecular flexibility index (Phi) is 4.51. The molecule has 122 valence electrons. The molecule has 0 spiro atoms. The maximum absolute atomic E-state index is 13.0. The van der Waals surface area contributed by atoms with Crippen LogP contribution in [0.3, 0.4) is 0 Å². The fourth-order valence-electron chi connectivity index (χ4n) is 2.15. The third-order valence-corrected chi connectivity index (χ3v) is 3.97. The summed E-state index contributed by atoms with van der Waals surface area (Å²) in [5.74, 6) is -0.658. The van der Waals surface area contributed by atoms with Gasteiger partial charge in [-0.2, -0.15) is 0 Å². The summed E-state index contributed by atoms with van der Waals surface area (Å²) in [6.07, 6.45) is 1.08. The highest BCUT2D eigenvalue weighted by atomic mass is 35.5. The van der Waals surface area contributed by atoms with Crippen LogP contribution in [-0.2, 0) is 4.74 Å². The molecule has 5 nitrogen and oxygen atoms in total. The molecule has 3 aromatic rings. The second-order valence-electron chi connectivity index (χ2n) is 4.77. The van der Waals surface area contributed by atoms with Crippen molar-refractivity contribution in [3.63, 3.8) is 0 Å². The Morgan fingerprint density at radius 2 is 2.04 bits per heavy atom. The average molecular weight is 366 g/mol. The molecule has 0 bridgehead atoms. The number of nitrogens with zero attached hydrogens (tertiary/aromatic N) is 2. The van der Waals surface area contributed by atoms with Crippen LogP contribution in [0.25, 0.3) is 22.8 Å². The summed E-state index contributed by atoms with van der Waals surface area (Å²) in [4.78, 5) is 22.9. The number of aromatic nitrogens is 3. The molecular formula is C16H10Cl2FN3O2. The third kappa shape index (κ3) is 2.98. The Morgan fingerprint density at radius 3 is 2.71 bits per heavy atom. The summed E-state index contributed by atoms with van der Waals surface area (Å²) in [6.45, 7) is 0. The first kappa shape index (κ1) is 16.4. The van der Waals surface area contributed by atoms with E-state index in [0.717, 1.165) is 6.20 Å². The molecule has 0 aliphatic carbocycles. The normalized spacial score (nSPS) is 10.7. The highest BCUT2D eigenvalue weighted by Crippen LogP contribution is 2.35. The van der Waals surface area contributed by atoms with Gasteiger partial charge in [-0.15, -0.1) is 0 Å². The molecule has 0 aliphatic heterocycles. The Balaban J connectivity index is 2.08.